The van der Waals surface area contributed by atoms with Crippen LogP contribution >= 0.6 is 0 Å². The number of aliphatic hydroxyl groups excluding tert-OH is 1. The monoisotopic (exact) mass is 702 g/mol. The van der Waals surface area contributed by atoms with E-state index in [1.807, 2.05) is 41.5 Å². The van der Waals surface area contributed by atoms with Crippen molar-refractivity contribution in [1.82, 2.24) is 9.97 Å². The molecular weight excluding hydrogens is 661 g/mol. The summed E-state index contributed by atoms with van der Waals surface area (Å²) in [5, 5.41) is 13.3. The van der Waals surface area contributed by atoms with Crippen LogP contribution in [0.2, 0.25) is 0 Å². The summed E-state index contributed by atoms with van der Waals surface area (Å²) in [5.41, 5.74) is 5.90. The zero-order valence-corrected chi connectivity index (χ0v) is 27.1. The quantitative estimate of drug-likeness (QED) is 0.0944. The molecule has 0 bridgehead atoms. The van der Waals surface area contributed by atoms with Gasteiger partial charge in [-0.25, -0.2) is 4.98 Å². The number of benzene rings is 3. The van der Waals surface area contributed by atoms with E-state index in [-0.39, 0.29) is 42.5 Å². The van der Waals surface area contributed by atoms with E-state index >= 15 is 0 Å². The summed E-state index contributed by atoms with van der Waals surface area (Å²) in [6, 6.07) is 18.4. The van der Waals surface area contributed by atoms with Gasteiger partial charge in [-0.05, 0) is 36.2 Å². The Balaban J connectivity index is 0.000000294. The molecule has 0 unspecified atom stereocenters. The number of aryl methyl sites for hydroxylation is 3. The van der Waals surface area contributed by atoms with Crippen LogP contribution in [0.25, 0.3) is 32.9 Å². The van der Waals surface area contributed by atoms with E-state index in [0.29, 0.717) is 0 Å². The SMILES string of the molecule is CCC(C)(C)C(=O)/C=C(\O)C(C)(C)CC.Cc1[c-]c(-c2ncnc3c2ccc2cc(C)ccc23)cc(C)c1.[Ir]. The number of ketones is 1. The maximum atomic E-state index is 11.8. The Kier molecular flexibility index (Phi) is 10.8. The molecule has 0 aliphatic carbocycles. The fourth-order valence-electron chi connectivity index (χ4n) is 4.08. The van der Waals surface area contributed by atoms with Gasteiger partial charge in [-0.1, -0.05) is 91.3 Å². The number of aliphatic hydroxyl groups is 1. The van der Waals surface area contributed by atoms with Crippen LogP contribution in [0.3, 0.4) is 0 Å². The molecule has 1 heterocycles. The van der Waals surface area contributed by atoms with Gasteiger partial charge < -0.3 is 5.11 Å². The fraction of sp³-hybridized carbons (Fsp3) is 0.382. The molecule has 209 valence electrons. The number of aromatic nitrogens is 2. The molecule has 1 aromatic heterocycles. The Morgan fingerprint density at radius 2 is 1.51 bits per heavy atom. The molecule has 4 nitrogen and oxygen atoms in total. The maximum Gasteiger partial charge on any atom is 0.164 e. The Morgan fingerprint density at radius 3 is 2.13 bits per heavy atom. The maximum absolute atomic E-state index is 11.8. The minimum atomic E-state index is -0.377. The number of hydrogen-bond acceptors (Lipinski definition) is 4. The number of rotatable bonds is 6. The second-order valence-electron chi connectivity index (χ2n) is 11.5. The molecule has 0 amide bonds. The Morgan fingerprint density at radius 1 is 0.872 bits per heavy atom. The standard InChI is InChI=1S/C21H17N2.C13H24O2.Ir/c1-13-4-6-18-16(9-13)5-7-19-20(22-12-23-21(18)19)17-10-14(2)8-15(3)11-17;1-7-12(3,4)10(14)9-11(15)13(5,6)8-2;/h4-10,12H,1-3H3;9,14H,7-8H2,1-6H3;/q-1;;/b;10-9-;. The van der Waals surface area contributed by atoms with Crippen molar-refractivity contribution in [2.75, 3.05) is 0 Å². The first-order valence-electron chi connectivity index (χ1n) is 13.4. The molecule has 0 saturated heterocycles. The third kappa shape index (κ3) is 7.62. The molecule has 0 atom stereocenters. The van der Waals surface area contributed by atoms with Crippen LogP contribution in [0, 0.1) is 37.7 Å². The molecule has 0 saturated carbocycles. The summed E-state index contributed by atoms with van der Waals surface area (Å²) in [5.74, 6) is 0.195. The summed E-state index contributed by atoms with van der Waals surface area (Å²) in [4.78, 5) is 20.9. The van der Waals surface area contributed by atoms with Crippen LogP contribution in [0.5, 0.6) is 0 Å². The van der Waals surface area contributed by atoms with Gasteiger partial charge in [0.15, 0.2) is 5.78 Å². The van der Waals surface area contributed by atoms with Gasteiger partial charge >= 0.3 is 0 Å². The van der Waals surface area contributed by atoms with Gasteiger partial charge in [0, 0.05) is 42.4 Å². The van der Waals surface area contributed by atoms with Gasteiger partial charge in [0.2, 0.25) is 0 Å². The van der Waals surface area contributed by atoms with Crippen LogP contribution < -0.4 is 0 Å². The number of nitrogens with zero attached hydrogens (tertiary/aromatic N) is 2. The molecule has 1 N–H and O–H groups in total. The molecule has 5 heteroatoms. The van der Waals surface area contributed by atoms with Crippen LogP contribution in [0.4, 0.5) is 0 Å². The van der Waals surface area contributed by atoms with E-state index < -0.39 is 0 Å². The second kappa shape index (κ2) is 13.0. The van der Waals surface area contributed by atoms with Crippen LogP contribution in [-0.2, 0) is 24.9 Å². The zero-order valence-electron chi connectivity index (χ0n) is 24.7. The van der Waals surface area contributed by atoms with Gasteiger partial charge in [0.05, 0.1) is 5.52 Å². The Hall–Kier alpha value is -2.88. The molecule has 3 aromatic carbocycles. The molecular formula is C34H41IrN2O2-. The summed E-state index contributed by atoms with van der Waals surface area (Å²) in [7, 11) is 0. The average molecular weight is 702 g/mol. The first-order valence-corrected chi connectivity index (χ1v) is 13.4. The van der Waals surface area contributed by atoms with Gasteiger partial charge in [-0.2, -0.15) is 0 Å². The zero-order chi connectivity index (χ0) is 28.3. The average Bonchev–Trinajstić information content (AvgIpc) is 2.87. The van der Waals surface area contributed by atoms with Crippen molar-refractivity contribution >= 4 is 27.5 Å². The molecule has 1 radical (unpaired) electrons. The van der Waals surface area contributed by atoms with E-state index in [1.54, 1.807) is 6.33 Å². The van der Waals surface area contributed by atoms with Gasteiger partial charge in [0.1, 0.15) is 12.1 Å². The summed E-state index contributed by atoms with van der Waals surface area (Å²) < 4.78 is 0. The van der Waals surface area contributed by atoms with Crippen molar-refractivity contribution in [2.24, 2.45) is 10.8 Å². The molecule has 0 aliphatic rings. The molecule has 0 spiro atoms. The Labute approximate surface area is 247 Å². The second-order valence-corrected chi connectivity index (χ2v) is 11.5. The van der Waals surface area contributed by atoms with Crippen molar-refractivity contribution < 1.29 is 30.0 Å². The van der Waals surface area contributed by atoms with Crippen molar-refractivity contribution in [3.05, 3.63) is 83.4 Å². The third-order valence-corrected chi connectivity index (χ3v) is 7.57. The number of hydrogen-bond donors (Lipinski definition) is 1. The van der Waals surface area contributed by atoms with Gasteiger partial charge in [-0.15, -0.1) is 34.9 Å². The van der Waals surface area contributed by atoms with Crippen molar-refractivity contribution in [3.63, 3.8) is 0 Å². The predicted octanol–water partition coefficient (Wildman–Crippen LogP) is 9.04. The number of fused-ring (bicyclic) bond motifs is 3. The van der Waals surface area contributed by atoms with E-state index in [1.165, 1.54) is 28.0 Å². The van der Waals surface area contributed by atoms with Crippen LogP contribution in [0.15, 0.2) is 60.6 Å². The van der Waals surface area contributed by atoms with Crippen molar-refractivity contribution in [3.8, 4) is 11.3 Å². The van der Waals surface area contributed by atoms with Crippen LogP contribution in [0.1, 0.15) is 71.1 Å². The van der Waals surface area contributed by atoms with Crippen LogP contribution in [-0.4, -0.2) is 20.9 Å². The third-order valence-electron chi connectivity index (χ3n) is 7.57. The largest absolute Gasteiger partial charge is 0.512 e. The predicted molar refractivity (Wildman–Crippen MR) is 159 cm³/mol. The van der Waals surface area contributed by atoms with E-state index in [2.05, 4.69) is 79.3 Å². The van der Waals surface area contributed by atoms with E-state index in [0.717, 1.165) is 40.6 Å². The van der Waals surface area contributed by atoms with Gasteiger partial charge in [0.25, 0.3) is 0 Å². The van der Waals surface area contributed by atoms with Gasteiger partial charge in [-0.3, -0.25) is 9.78 Å². The molecule has 39 heavy (non-hydrogen) atoms. The Bertz CT molecular complexity index is 1480. The summed E-state index contributed by atoms with van der Waals surface area (Å²) in [6.07, 6.45) is 4.65. The first kappa shape index (κ1) is 32.3. The summed E-state index contributed by atoms with van der Waals surface area (Å²) >= 11 is 0. The number of allylic oxidation sites excluding steroid dienone is 2. The topological polar surface area (TPSA) is 63.1 Å². The van der Waals surface area contributed by atoms with E-state index in [9.17, 15) is 9.90 Å². The van der Waals surface area contributed by atoms with Crippen molar-refractivity contribution in [1.29, 1.82) is 0 Å². The fourth-order valence-corrected chi connectivity index (χ4v) is 4.08. The molecule has 0 aliphatic heterocycles. The number of carbonyl (C=O) groups is 1. The smallest absolute Gasteiger partial charge is 0.164 e. The molecule has 4 aromatic rings. The van der Waals surface area contributed by atoms with E-state index in [4.69, 9.17) is 0 Å². The minimum absolute atomic E-state index is 0. The summed E-state index contributed by atoms with van der Waals surface area (Å²) in [6.45, 7) is 17.9. The normalized spacial score (nSPS) is 12.1. The number of carbonyl (C=O) groups excluding carboxylic acids is 1. The minimum Gasteiger partial charge on any atom is -0.512 e. The molecule has 0 fully saturated rings. The molecule has 4 rings (SSSR count). The first-order chi connectivity index (χ1) is 17.8. The van der Waals surface area contributed by atoms with Crippen molar-refractivity contribution in [2.45, 2.75) is 75.2 Å².